The topological polar surface area (TPSA) is 99.9 Å². The van der Waals surface area contributed by atoms with E-state index in [1.165, 1.54) is 10.8 Å². The lowest BCUT2D eigenvalue weighted by Gasteiger charge is -2.24. The lowest BCUT2D eigenvalue weighted by molar-refractivity contribution is -0.100. The van der Waals surface area contributed by atoms with Gasteiger partial charge in [0.05, 0.1) is 18.4 Å². The van der Waals surface area contributed by atoms with Crippen molar-refractivity contribution in [1.82, 2.24) is 14.6 Å². The highest BCUT2D eigenvalue weighted by atomic mass is 16.5. The molecule has 3 N–H and O–H groups in total. The van der Waals surface area contributed by atoms with Gasteiger partial charge in [-0.1, -0.05) is 0 Å². The fourth-order valence-electron chi connectivity index (χ4n) is 2.44. The monoisotopic (exact) mass is 265 g/mol. The molecule has 0 unspecified atom stereocenters. The summed E-state index contributed by atoms with van der Waals surface area (Å²) in [6, 6.07) is 3.41. The molecule has 1 fully saturated rings. The van der Waals surface area contributed by atoms with Gasteiger partial charge in [-0.3, -0.25) is 4.79 Å². The Labute approximate surface area is 108 Å². The van der Waals surface area contributed by atoms with Gasteiger partial charge in [0, 0.05) is 6.42 Å². The zero-order valence-corrected chi connectivity index (χ0v) is 10.4. The Morgan fingerprint density at radius 1 is 1.63 bits per heavy atom. The first kappa shape index (κ1) is 12.3. The third kappa shape index (κ3) is 1.78. The second-order valence-corrected chi connectivity index (χ2v) is 5.00. The van der Waals surface area contributed by atoms with Gasteiger partial charge in [-0.15, -0.1) is 0 Å². The quantitative estimate of drug-likeness (QED) is 0.686. The van der Waals surface area contributed by atoms with Crippen LogP contribution >= 0.6 is 0 Å². The molecule has 2 aromatic rings. The fraction of sp³-hybridized carbons (Fsp3) is 0.500. The summed E-state index contributed by atoms with van der Waals surface area (Å²) in [6.07, 6.45) is 0.520. The van der Waals surface area contributed by atoms with Crippen LogP contribution in [0.15, 0.2) is 23.3 Å². The second kappa shape index (κ2) is 4.16. The molecule has 1 aliphatic rings. The van der Waals surface area contributed by atoms with E-state index in [0.29, 0.717) is 17.6 Å². The number of aliphatic hydroxyl groups excluding tert-OH is 2. The highest BCUT2D eigenvalue weighted by Crippen LogP contribution is 2.39. The number of H-pyrrole nitrogens is 1. The van der Waals surface area contributed by atoms with Crippen molar-refractivity contribution in [1.29, 1.82) is 0 Å². The summed E-state index contributed by atoms with van der Waals surface area (Å²) in [5.41, 5.74) is -0.0917. The summed E-state index contributed by atoms with van der Waals surface area (Å²) in [6.45, 7) is 1.40. The van der Waals surface area contributed by atoms with Crippen LogP contribution in [0.3, 0.4) is 0 Å². The van der Waals surface area contributed by atoms with Gasteiger partial charge in [0.25, 0.3) is 5.56 Å². The number of fused-ring (bicyclic) bond motifs is 1. The number of nitrogens with one attached hydrogen (secondary N) is 1. The number of aliphatic hydroxyl groups is 2. The van der Waals surface area contributed by atoms with Gasteiger partial charge >= 0.3 is 0 Å². The predicted molar refractivity (Wildman–Crippen MR) is 65.8 cm³/mol. The molecule has 3 atom stereocenters. The number of aromatic amines is 1. The maximum absolute atomic E-state index is 11.6. The molecule has 0 bridgehead atoms. The van der Waals surface area contributed by atoms with Crippen molar-refractivity contribution in [3.8, 4) is 0 Å². The first-order valence-electron chi connectivity index (χ1n) is 6.07. The van der Waals surface area contributed by atoms with Gasteiger partial charge in [0.15, 0.2) is 0 Å². The minimum atomic E-state index is -0.976. The largest absolute Gasteiger partial charge is 0.393 e. The number of aromatic nitrogens is 3. The summed E-state index contributed by atoms with van der Waals surface area (Å²) in [4.78, 5) is 14.1. The molecule has 3 rings (SSSR count). The van der Waals surface area contributed by atoms with Crippen molar-refractivity contribution in [2.75, 3.05) is 6.61 Å². The van der Waals surface area contributed by atoms with Gasteiger partial charge in [0.2, 0.25) is 0 Å². The van der Waals surface area contributed by atoms with Crippen LogP contribution in [0.4, 0.5) is 0 Å². The summed E-state index contributed by atoms with van der Waals surface area (Å²) in [5, 5.41) is 23.3. The van der Waals surface area contributed by atoms with Crippen LogP contribution in [-0.2, 0) is 4.74 Å². The third-order valence-corrected chi connectivity index (χ3v) is 3.68. The van der Waals surface area contributed by atoms with Crippen LogP contribution in [0.2, 0.25) is 0 Å². The Morgan fingerprint density at radius 3 is 3.11 bits per heavy atom. The first-order valence-corrected chi connectivity index (χ1v) is 6.07. The van der Waals surface area contributed by atoms with Crippen molar-refractivity contribution in [2.45, 2.75) is 31.2 Å². The van der Waals surface area contributed by atoms with E-state index in [-0.39, 0.29) is 12.2 Å². The smallest absolute Gasteiger partial charge is 0.275 e. The molecule has 19 heavy (non-hydrogen) atoms. The Hall–Kier alpha value is -1.70. The number of hydrogen-bond acceptors (Lipinski definition) is 5. The van der Waals surface area contributed by atoms with Crippen LogP contribution < -0.4 is 5.56 Å². The maximum atomic E-state index is 11.6. The van der Waals surface area contributed by atoms with Gasteiger partial charge in [-0.05, 0) is 19.1 Å². The summed E-state index contributed by atoms with van der Waals surface area (Å²) in [5.74, 6) is 0. The first-order chi connectivity index (χ1) is 9.05. The lowest BCUT2D eigenvalue weighted by atomic mass is 9.99. The van der Waals surface area contributed by atoms with Gasteiger partial charge in [-0.2, -0.15) is 5.10 Å². The molecule has 0 spiro atoms. The molecule has 7 nitrogen and oxygen atoms in total. The van der Waals surface area contributed by atoms with E-state index in [9.17, 15) is 15.0 Å². The van der Waals surface area contributed by atoms with E-state index in [1.54, 1.807) is 19.1 Å². The highest BCUT2D eigenvalue weighted by Gasteiger charge is 2.45. The molecule has 0 aromatic carbocycles. The molecule has 0 aliphatic carbocycles. The third-order valence-electron chi connectivity index (χ3n) is 3.68. The molecular weight excluding hydrogens is 250 g/mol. The second-order valence-electron chi connectivity index (χ2n) is 5.00. The van der Waals surface area contributed by atoms with E-state index in [2.05, 4.69) is 10.1 Å². The van der Waals surface area contributed by atoms with Crippen LogP contribution in [-0.4, -0.2) is 43.1 Å². The van der Waals surface area contributed by atoms with Crippen LogP contribution in [0.1, 0.15) is 25.1 Å². The Kier molecular flexibility index (Phi) is 2.70. The number of nitrogens with zero attached hydrogens (tertiary/aromatic N) is 2. The van der Waals surface area contributed by atoms with Crippen LogP contribution in [0, 0.1) is 0 Å². The van der Waals surface area contributed by atoms with E-state index in [1.807, 2.05) is 0 Å². The van der Waals surface area contributed by atoms with E-state index in [4.69, 9.17) is 4.74 Å². The molecule has 0 radical (unpaired) electrons. The zero-order valence-electron chi connectivity index (χ0n) is 10.4. The fourth-order valence-corrected chi connectivity index (χ4v) is 2.44. The lowest BCUT2D eigenvalue weighted by Crippen LogP contribution is -2.39. The van der Waals surface area contributed by atoms with Crippen molar-refractivity contribution in [3.05, 3.63) is 34.5 Å². The number of ether oxygens (including phenoxy) is 1. The minimum Gasteiger partial charge on any atom is -0.393 e. The average Bonchev–Trinajstić information content (AvgIpc) is 2.94. The van der Waals surface area contributed by atoms with Crippen LogP contribution in [0.5, 0.6) is 0 Å². The SMILES string of the molecule is C[C@]1(CO)O[C@@H](c2ccc3c(=O)[nH]cnn23)C[C@@H]1O. The maximum Gasteiger partial charge on any atom is 0.275 e. The molecule has 7 heteroatoms. The molecule has 1 aliphatic heterocycles. The molecule has 1 saturated heterocycles. The number of rotatable bonds is 2. The van der Waals surface area contributed by atoms with E-state index >= 15 is 0 Å². The van der Waals surface area contributed by atoms with Crippen molar-refractivity contribution < 1.29 is 14.9 Å². The summed E-state index contributed by atoms with van der Waals surface area (Å²) >= 11 is 0. The average molecular weight is 265 g/mol. The van der Waals surface area contributed by atoms with Gasteiger partial charge < -0.3 is 19.9 Å². The zero-order chi connectivity index (χ0) is 13.6. The van der Waals surface area contributed by atoms with Gasteiger partial charge in [-0.25, -0.2) is 4.52 Å². The number of hydrogen-bond donors (Lipinski definition) is 3. The van der Waals surface area contributed by atoms with E-state index < -0.39 is 17.8 Å². The Morgan fingerprint density at radius 2 is 2.42 bits per heavy atom. The van der Waals surface area contributed by atoms with E-state index in [0.717, 1.165) is 0 Å². The van der Waals surface area contributed by atoms with Crippen LogP contribution in [0.25, 0.3) is 5.52 Å². The molecule has 0 saturated carbocycles. The summed E-state index contributed by atoms with van der Waals surface area (Å²) in [7, 11) is 0. The predicted octanol–water partition coefficient (Wildman–Crippen LogP) is -0.404. The molecule has 102 valence electrons. The minimum absolute atomic E-state index is 0.232. The van der Waals surface area contributed by atoms with Gasteiger partial charge in [0.1, 0.15) is 23.5 Å². The highest BCUT2D eigenvalue weighted by molar-refractivity contribution is 5.46. The molecule has 2 aromatic heterocycles. The molecular formula is C12H15N3O4. The van der Waals surface area contributed by atoms with Crippen molar-refractivity contribution in [3.63, 3.8) is 0 Å². The standard InChI is InChI=1S/C12H15N3O4/c1-12(5-16)10(17)4-9(19-12)7-2-3-8-11(18)13-6-14-15(7)8/h2-3,6,9-10,16-17H,4-5H2,1H3,(H,13,14,18)/t9-,10+,12-/m1/s1. The Balaban J connectivity index is 2.03. The summed E-state index contributed by atoms with van der Waals surface area (Å²) < 4.78 is 7.23. The van der Waals surface area contributed by atoms with Crippen molar-refractivity contribution >= 4 is 5.52 Å². The molecule has 3 heterocycles. The molecule has 0 amide bonds. The normalized spacial score (nSPS) is 31.1. The Bertz CT molecular complexity index is 664. The van der Waals surface area contributed by atoms with Crippen molar-refractivity contribution in [2.24, 2.45) is 0 Å².